The maximum Gasteiger partial charge on any atom is 0.322 e. The second-order valence-electron chi connectivity index (χ2n) is 11.3. The summed E-state index contributed by atoms with van der Waals surface area (Å²) in [6, 6.07) is 7.61. The Labute approximate surface area is 254 Å². The van der Waals surface area contributed by atoms with E-state index in [0.717, 1.165) is 17.1 Å². The number of benzene rings is 1. The molecule has 15 nitrogen and oxygen atoms in total. The van der Waals surface area contributed by atoms with Crippen molar-refractivity contribution in [1.29, 1.82) is 0 Å². The molecule has 238 valence electrons. The largest absolute Gasteiger partial charge is 0.480 e. The number of nitrogens with one attached hydrogen (secondary N) is 5. The Kier molecular flexibility index (Phi) is 12.3. The highest BCUT2D eigenvalue weighted by molar-refractivity contribution is 6.13. The molecular formula is C29H38N6O9. The number of aliphatic carboxylic acids is 1. The SMILES string of the molecule is CC(C)(CN1C(=O)C=CC1=O)C(C)(C)C(=O)NCC(=O)NCC(=O)NCC(=O)NC(Cc1ccccc1)C(=O)NCC(=O)O. The second kappa shape index (κ2) is 15.4. The lowest BCUT2D eigenvalue weighted by atomic mass is 9.67. The highest BCUT2D eigenvalue weighted by Crippen LogP contribution is 2.39. The molecule has 1 aromatic rings. The fourth-order valence-electron chi connectivity index (χ4n) is 3.94. The van der Waals surface area contributed by atoms with E-state index in [0.29, 0.717) is 5.56 Å². The zero-order chi connectivity index (χ0) is 33.1. The van der Waals surface area contributed by atoms with Gasteiger partial charge in [0.25, 0.3) is 11.8 Å². The number of carbonyl (C=O) groups is 8. The van der Waals surface area contributed by atoms with E-state index in [1.807, 2.05) is 0 Å². The number of hydrogen-bond donors (Lipinski definition) is 6. The first-order chi connectivity index (χ1) is 20.5. The lowest BCUT2D eigenvalue weighted by molar-refractivity contribution is -0.145. The van der Waals surface area contributed by atoms with Crippen molar-refractivity contribution in [2.75, 3.05) is 32.7 Å². The van der Waals surface area contributed by atoms with Gasteiger partial charge in [-0.3, -0.25) is 43.3 Å². The van der Waals surface area contributed by atoms with Crippen molar-refractivity contribution in [3.05, 3.63) is 48.0 Å². The van der Waals surface area contributed by atoms with Crippen LogP contribution in [0.4, 0.5) is 0 Å². The Morgan fingerprint density at radius 2 is 1.27 bits per heavy atom. The van der Waals surface area contributed by atoms with Gasteiger partial charge in [0.1, 0.15) is 12.6 Å². The summed E-state index contributed by atoms with van der Waals surface area (Å²) in [7, 11) is 0. The van der Waals surface area contributed by atoms with E-state index in [2.05, 4.69) is 26.6 Å². The number of carboxylic acid groups (broad SMARTS) is 1. The molecule has 0 fully saturated rings. The van der Waals surface area contributed by atoms with E-state index in [1.54, 1.807) is 58.0 Å². The number of rotatable bonds is 16. The number of carboxylic acids is 1. The highest BCUT2D eigenvalue weighted by atomic mass is 16.4. The summed E-state index contributed by atoms with van der Waals surface area (Å²) in [5, 5.41) is 20.6. The number of nitrogens with zero attached hydrogens (tertiary/aromatic N) is 1. The predicted molar refractivity (Wildman–Crippen MR) is 155 cm³/mol. The summed E-state index contributed by atoms with van der Waals surface area (Å²) in [5.74, 6) is -5.54. The Morgan fingerprint density at radius 3 is 1.82 bits per heavy atom. The number of hydrogen-bond acceptors (Lipinski definition) is 8. The van der Waals surface area contributed by atoms with E-state index >= 15 is 0 Å². The smallest absolute Gasteiger partial charge is 0.322 e. The van der Waals surface area contributed by atoms with E-state index in [9.17, 15) is 38.4 Å². The molecule has 1 aliphatic rings. The molecular weight excluding hydrogens is 576 g/mol. The maximum atomic E-state index is 12.9. The number of amides is 7. The van der Waals surface area contributed by atoms with Crippen LogP contribution in [0.1, 0.15) is 33.3 Å². The van der Waals surface area contributed by atoms with Crippen molar-refractivity contribution >= 4 is 47.3 Å². The van der Waals surface area contributed by atoms with Crippen LogP contribution in [0.2, 0.25) is 0 Å². The van der Waals surface area contributed by atoms with Crippen molar-refractivity contribution in [2.45, 2.75) is 40.2 Å². The van der Waals surface area contributed by atoms with Crippen molar-refractivity contribution < 1.29 is 43.5 Å². The lowest BCUT2D eigenvalue weighted by Gasteiger charge is -2.42. The Balaban J connectivity index is 1.79. The summed E-state index contributed by atoms with van der Waals surface area (Å²) in [4.78, 5) is 98.0. The summed E-state index contributed by atoms with van der Waals surface area (Å²) in [6.07, 6.45) is 2.39. The molecule has 0 aliphatic carbocycles. The molecule has 6 N–H and O–H groups in total. The molecule has 0 bridgehead atoms. The van der Waals surface area contributed by atoms with Crippen molar-refractivity contribution in [1.82, 2.24) is 31.5 Å². The van der Waals surface area contributed by atoms with Gasteiger partial charge in [-0.25, -0.2) is 0 Å². The Bertz CT molecular complexity index is 1310. The van der Waals surface area contributed by atoms with Crippen LogP contribution in [-0.2, 0) is 44.8 Å². The molecule has 2 rings (SSSR count). The first kappa shape index (κ1) is 35.1. The van der Waals surface area contributed by atoms with Crippen LogP contribution in [0.15, 0.2) is 42.5 Å². The van der Waals surface area contributed by atoms with E-state index in [-0.39, 0.29) is 13.0 Å². The van der Waals surface area contributed by atoms with Gasteiger partial charge in [0, 0.05) is 25.1 Å². The molecule has 0 radical (unpaired) electrons. The summed E-state index contributed by atoms with van der Waals surface area (Å²) >= 11 is 0. The minimum absolute atomic E-state index is 0.0158. The molecule has 1 heterocycles. The van der Waals surface area contributed by atoms with Crippen LogP contribution in [0, 0.1) is 10.8 Å². The topological polar surface area (TPSA) is 220 Å². The van der Waals surface area contributed by atoms with Crippen LogP contribution in [0.25, 0.3) is 0 Å². The van der Waals surface area contributed by atoms with Crippen molar-refractivity contribution in [2.24, 2.45) is 10.8 Å². The molecule has 0 saturated heterocycles. The monoisotopic (exact) mass is 614 g/mol. The highest BCUT2D eigenvalue weighted by Gasteiger charge is 2.46. The Hall–Kier alpha value is -5.08. The summed E-state index contributed by atoms with van der Waals surface area (Å²) in [6.45, 7) is 4.55. The molecule has 1 unspecified atom stereocenters. The van der Waals surface area contributed by atoms with Gasteiger partial charge in [0.2, 0.25) is 29.5 Å². The lowest BCUT2D eigenvalue weighted by Crippen LogP contribution is -2.53. The molecule has 7 amide bonds. The van der Waals surface area contributed by atoms with Gasteiger partial charge in [-0.1, -0.05) is 58.0 Å². The van der Waals surface area contributed by atoms with Crippen molar-refractivity contribution in [3.63, 3.8) is 0 Å². The van der Waals surface area contributed by atoms with E-state index in [4.69, 9.17) is 5.11 Å². The fraction of sp³-hybridized carbons (Fsp3) is 0.448. The summed E-state index contributed by atoms with van der Waals surface area (Å²) in [5.41, 5.74) is -1.25. The van der Waals surface area contributed by atoms with Gasteiger partial charge in [0.15, 0.2) is 0 Å². The fourth-order valence-corrected chi connectivity index (χ4v) is 3.94. The first-order valence-corrected chi connectivity index (χ1v) is 13.7. The molecule has 15 heteroatoms. The molecule has 0 spiro atoms. The third kappa shape index (κ3) is 10.3. The van der Waals surface area contributed by atoms with E-state index < -0.39 is 90.4 Å². The quantitative estimate of drug-likeness (QED) is 0.116. The van der Waals surface area contributed by atoms with Crippen LogP contribution < -0.4 is 26.6 Å². The van der Waals surface area contributed by atoms with Gasteiger partial charge >= 0.3 is 5.97 Å². The maximum absolute atomic E-state index is 12.9. The van der Waals surface area contributed by atoms with Gasteiger partial charge in [-0.15, -0.1) is 0 Å². The summed E-state index contributed by atoms with van der Waals surface area (Å²) < 4.78 is 0. The van der Waals surface area contributed by atoms with Gasteiger partial charge in [0.05, 0.1) is 25.0 Å². The van der Waals surface area contributed by atoms with Crippen LogP contribution in [0.3, 0.4) is 0 Å². The van der Waals surface area contributed by atoms with Crippen LogP contribution >= 0.6 is 0 Å². The van der Waals surface area contributed by atoms with Crippen LogP contribution in [0.5, 0.6) is 0 Å². The van der Waals surface area contributed by atoms with Gasteiger partial charge in [-0.05, 0) is 11.0 Å². The third-order valence-electron chi connectivity index (χ3n) is 7.36. The van der Waals surface area contributed by atoms with E-state index in [1.165, 1.54) is 0 Å². The molecule has 1 atom stereocenters. The Morgan fingerprint density at radius 1 is 0.750 bits per heavy atom. The van der Waals surface area contributed by atoms with Gasteiger partial charge in [-0.2, -0.15) is 0 Å². The zero-order valence-corrected chi connectivity index (χ0v) is 25.0. The standard InChI is InChI=1S/C29H38N6O9/c1-28(2,17-35-23(39)10-11-24(35)40)29(3,4)27(44)33-14-21(37)30-13-20(36)31-15-22(38)34-19(26(43)32-16-25(41)42)12-18-8-6-5-7-9-18/h5-11,19H,12-17H2,1-4H3,(H,30,37)(H,31,36)(H,32,43)(H,33,44)(H,34,38)(H,41,42). The van der Waals surface area contributed by atoms with Crippen molar-refractivity contribution in [3.8, 4) is 0 Å². The molecule has 0 aromatic heterocycles. The van der Waals surface area contributed by atoms with Gasteiger partial charge < -0.3 is 31.7 Å². The average Bonchev–Trinajstić information content (AvgIpc) is 3.28. The number of imide groups is 1. The molecule has 1 aromatic carbocycles. The minimum atomic E-state index is -1.25. The predicted octanol–water partition coefficient (Wildman–Crippen LogP) is -1.76. The molecule has 1 aliphatic heterocycles. The normalized spacial score (nSPS) is 13.6. The second-order valence-corrected chi connectivity index (χ2v) is 11.3. The molecule has 44 heavy (non-hydrogen) atoms. The molecule has 0 saturated carbocycles. The first-order valence-electron chi connectivity index (χ1n) is 13.7. The zero-order valence-electron chi connectivity index (χ0n) is 25.0. The third-order valence-corrected chi connectivity index (χ3v) is 7.36. The number of carbonyl (C=O) groups excluding carboxylic acids is 7. The minimum Gasteiger partial charge on any atom is -0.480 e. The average molecular weight is 615 g/mol. The van der Waals surface area contributed by atoms with Crippen LogP contribution in [-0.4, -0.2) is 96.1 Å².